The Labute approximate surface area is 154 Å². The highest BCUT2D eigenvalue weighted by Crippen LogP contribution is 2.10. The number of hydrogen-bond donors (Lipinski definition) is 2. The largest absolute Gasteiger partial charge is 0.352 e. The molecule has 0 aliphatic heterocycles. The molecule has 1 heterocycles. The highest BCUT2D eigenvalue weighted by atomic mass is 15.3. The lowest BCUT2D eigenvalue weighted by Gasteiger charge is -2.14. The monoisotopic (exact) mass is 347 g/mol. The molecule has 0 unspecified atom stereocenters. The zero-order valence-electron chi connectivity index (χ0n) is 15.3. The van der Waals surface area contributed by atoms with E-state index in [1.807, 2.05) is 16.9 Å². The topological polar surface area (TPSA) is 54.2 Å². The number of guanidine groups is 1. The number of rotatable bonds is 6. The Morgan fingerprint density at radius 1 is 0.962 bits per heavy atom. The van der Waals surface area contributed by atoms with Gasteiger partial charge in [-0.3, -0.25) is 9.67 Å². The number of aryl methyl sites for hydroxylation is 1. The van der Waals surface area contributed by atoms with E-state index in [1.54, 1.807) is 13.2 Å². The predicted molar refractivity (Wildman–Crippen MR) is 106 cm³/mol. The molecule has 0 aliphatic rings. The van der Waals surface area contributed by atoms with Gasteiger partial charge in [-0.15, -0.1) is 0 Å². The molecule has 0 aliphatic carbocycles. The van der Waals surface area contributed by atoms with Crippen molar-refractivity contribution in [2.45, 2.75) is 26.6 Å². The molecule has 0 atom stereocenters. The molecule has 5 heteroatoms. The van der Waals surface area contributed by atoms with Crippen LogP contribution in [0.4, 0.5) is 0 Å². The normalized spacial score (nSPS) is 11.4. The smallest absolute Gasteiger partial charge is 0.191 e. The van der Waals surface area contributed by atoms with Gasteiger partial charge in [-0.05, 0) is 29.7 Å². The van der Waals surface area contributed by atoms with Crippen LogP contribution in [0.3, 0.4) is 0 Å². The first-order valence-corrected chi connectivity index (χ1v) is 8.79. The third-order valence-corrected chi connectivity index (χ3v) is 4.26. The van der Waals surface area contributed by atoms with E-state index in [-0.39, 0.29) is 0 Å². The molecule has 3 rings (SSSR count). The average molecular weight is 347 g/mol. The molecular formula is C21H25N5. The zero-order valence-corrected chi connectivity index (χ0v) is 15.3. The van der Waals surface area contributed by atoms with Gasteiger partial charge in [0.05, 0.1) is 6.54 Å². The van der Waals surface area contributed by atoms with Gasteiger partial charge < -0.3 is 10.6 Å². The molecule has 2 N–H and O–H groups in total. The standard InChI is InChI=1S/C21H25N5/c1-17-8-10-18(11-9-17)14-23-21(22-2)24-15-19-6-3-4-7-20(19)16-26-13-5-12-25-26/h3-13H,14-16H2,1-2H3,(H2,22,23,24). The third-order valence-electron chi connectivity index (χ3n) is 4.26. The van der Waals surface area contributed by atoms with E-state index in [1.165, 1.54) is 22.3 Å². The lowest BCUT2D eigenvalue weighted by molar-refractivity contribution is 0.677. The first-order chi connectivity index (χ1) is 12.7. The van der Waals surface area contributed by atoms with E-state index in [9.17, 15) is 0 Å². The van der Waals surface area contributed by atoms with Gasteiger partial charge in [0.15, 0.2) is 5.96 Å². The van der Waals surface area contributed by atoms with Crippen molar-refractivity contribution in [3.05, 3.63) is 89.2 Å². The van der Waals surface area contributed by atoms with Crippen LogP contribution in [0.1, 0.15) is 22.3 Å². The summed E-state index contributed by atoms with van der Waals surface area (Å²) in [6.45, 7) is 4.32. The molecule has 1 aromatic heterocycles. The van der Waals surface area contributed by atoms with Gasteiger partial charge >= 0.3 is 0 Å². The summed E-state index contributed by atoms with van der Waals surface area (Å²) in [6, 6.07) is 18.9. The van der Waals surface area contributed by atoms with Crippen molar-refractivity contribution >= 4 is 5.96 Å². The Morgan fingerprint density at radius 3 is 2.38 bits per heavy atom. The van der Waals surface area contributed by atoms with Crippen LogP contribution in [-0.2, 0) is 19.6 Å². The van der Waals surface area contributed by atoms with Crippen LogP contribution < -0.4 is 10.6 Å². The van der Waals surface area contributed by atoms with Crippen LogP contribution in [-0.4, -0.2) is 22.8 Å². The molecule has 0 fully saturated rings. The molecule has 2 aromatic carbocycles. The van der Waals surface area contributed by atoms with E-state index < -0.39 is 0 Å². The van der Waals surface area contributed by atoms with Crippen molar-refractivity contribution in [2.75, 3.05) is 7.05 Å². The second kappa shape index (κ2) is 8.85. The Bertz CT molecular complexity index is 835. The zero-order chi connectivity index (χ0) is 18.2. The lowest BCUT2D eigenvalue weighted by atomic mass is 10.1. The van der Waals surface area contributed by atoms with Crippen LogP contribution in [0.25, 0.3) is 0 Å². The highest BCUT2D eigenvalue weighted by molar-refractivity contribution is 5.79. The first kappa shape index (κ1) is 17.7. The molecule has 0 saturated carbocycles. The number of aliphatic imine (C=N–C) groups is 1. The Balaban J connectivity index is 1.57. The summed E-state index contributed by atoms with van der Waals surface area (Å²) < 4.78 is 1.93. The molecule has 0 spiro atoms. The summed E-state index contributed by atoms with van der Waals surface area (Å²) in [5, 5.41) is 11.1. The summed E-state index contributed by atoms with van der Waals surface area (Å²) in [4.78, 5) is 4.32. The van der Waals surface area contributed by atoms with Crippen LogP contribution in [0.15, 0.2) is 72.0 Å². The fourth-order valence-corrected chi connectivity index (χ4v) is 2.74. The van der Waals surface area contributed by atoms with Crippen LogP contribution in [0.2, 0.25) is 0 Å². The second-order valence-electron chi connectivity index (χ2n) is 6.24. The van der Waals surface area contributed by atoms with Gasteiger partial charge in [-0.2, -0.15) is 5.10 Å². The van der Waals surface area contributed by atoms with Crippen molar-refractivity contribution in [3.63, 3.8) is 0 Å². The van der Waals surface area contributed by atoms with Crippen LogP contribution >= 0.6 is 0 Å². The quantitative estimate of drug-likeness (QED) is 0.532. The summed E-state index contributed by atoms with van der Waals surface area (Å²) in [5.74, 6) is 0.791. The number of nitrogens with zero attached hydrogens (tertiary/aromatic N) is 3. The van der Waals surface area contributed by atoms with Crippen molar-refractivity contribution in [1.82, 2.24) is 20.4 Å². The van der Waals surface area contributed by atoms with Crippen LogP contribution in [0.5, 0.6) is 0 Å². The molecule has 3 aromatic rings. The maximum Gasteiger partial charge on any atom is 0.191 e. The van der Waals surface area contributed by atoms with Crippen LogP contribution in [0, 0.1) is 6.92 Å². The first-order valence-electron chi connectivity index (χ1n) is 8.79. The highest BCUT2D eigenvalue weighted by Gasteiger charge is 2.05. The van der Waals surface area contributed by atoms with Crippen molar-refractivity contribution < 1.29 is 0 Å². The minimum atomic E-state index is 0.713. The number of aromatic nitrogens is 2. The lowest BCUT2D eigenvalue weighted by Crippen LogP contribution is -2.36. The van der Waals surface area contributed by atoms with Gasteiger partial charge in [-0.25, -0.2) is 0 Å². The molecule has 0 saturated heterocycles. The summed E-state index contributed by atoms with van der Waals surface area (Å²) in [6.07, 6.45) is 3.78. The fourth-order valence-electron chi connectivity index (χ4n) is 2.74. The Morgan fingerprint density at radius 2 is 1.69 bits per heavy atom. The van der Waals surface area contributed by atoms with Crippen molar-refractivity contribution in [1.29, 1.82) is 0 Å². The summed E-state index contributed by atoms with van der Waals surface area (Å²) in [5.41, 5.74) is 4.99. The van der Waals surface area contributed by atoms with Gasteiger partial charge in [-0.1, -0.05) is 54.1 Å². The molecular weight excluding hydrogens is 322 g/mol. The summed E-state index contributed by atoms with van der Waals surface area (Å²) >= 11 is 0. The molecule has 134 valence electrons. The van der Waals surface area contributed by atoms with Gasteiger partial charge in [0.25, 0.3) is 0 Å². The number of nitrogens with one attached hydrogen (secondary N) is 2. The Hall–Kier alpha value is -3.08. The van der Waals surface area contributed by atoms with Gasteiger partial charge in [0, 0.05) is 32.5 Å². The molecule has 0 bridgehead atoms. The molecule has 0 amide bonds. The number of hydrogen-bond acceptors (Lipinski definition) is 2. The van der Waals surface area contributed by atoms with E-state index in [0.717, 1.165) is 19.0 Å². The maximum absolute atomic E-state index is 4.32. The van der Waals surface area contributed by atoms with E-state index >= 15 is 0 Å². The van der Waals surface area contributed by atoms with Gasteiger partial charge in [0.1, 0.15) is 0 Å². The summed E-state index contributed by atoms with van der Waals surface area (Å²) in [7, 11) is 1.79. The van der Waals surface area contributed by atoms with E-state index in [0.29, 0.717) is 6.54 Å². The minimum absolute atomic E-state index is 0.713. The Kier molecular flexibility index (Phi) is 6.04. The van der Waals surface area contributed by atoms with E-state index in [4.69, 9.17) is 0 Å². The predicted octanol–water partition coefficient (Wildman–Crippen LogP) is 3.11. The third kappa shape index (κ3) is 4.96. The van der Waals surface area contributed by atoms with Crippen molar-refractivity contribution in [3.8, 4) is 0 Å². The molecule has 0 radical (unpaired) electrons. The SMILES string of the molecule is CN=C(NCc1ccc(C)cc1)NCc1ccccc1Cn1cccn1. The second-order valence-corrected chi connectivity index (χ2v) is 6.24. The van der Waals surface area contributed by atoms with E-state index in [2.05, 4.69) is 76.2 Å². The maximum atomic E-state index is 4.32. The van der Waals surface area contributed by atoms with Crippen molar-refractivity contribution in [2.24, 2.45) is 4.99 Å². The fraction of sp³-hybridized carbons (Fsp3) is 0.238. The molecule has 5 nitrogen and oxygen atoms in total. The van der Waals surface area contributed by atoms with Gasteiger partial charge in [0.2, 0.25) is 0 Å². The average Bonchev–Trinajstić information content (AvgIpc) is 3.17. The number of benzene rings is 2. The minimum Gasteiger partial charge on any atom is -0.352 e. The molecule has 26 heavy (non-hydrogen) atoms.